The second-order valence-corrected chi connectivity index (χ2v) is 9.22. The summed E-state index contributed by atoms with van der Waals surface area (Å²) in [6.45, 7) is 2.06. The maximum absolute atomic E-state index is 13.3. The van der Waals surface area contributed by atoms with Crippen molar-refractivity contribution >= 4 is 39.3 Å². The fraction of sp³-hybridized carbons (Fsp3) is 0.222. The average Bonchev–Trinajstić information content (AvgIpc) is 3.45. The Bertz CT molecular complexity index is 1520. The minimum atomic E-state index is -0.378. The Balaban J connectivity index is 1.68. The molecule has 7 nitrogen and oxygen atoms in total. The van der Waals surface area contributed by atoms with Gasteiger partial charge in [-0.3, -0.25) is 4.79 Å². The lowest BCUT2D eigenvalue weighted by atomic mass is 10.1. The molecule has 0 saturated carbocycles. The Kier molecular flexibility index (Phi) is 6.13. The highest BCUT2D eigenvalue weighted by molar-refractivity contribution is 7.16. The molecule has 0 bridgehead atoms. The molecule has 178 valence electrons. The van der Waals surface area contributed by atoms with Crippen LogP contribution in [0.2, 0.25) is 0 Å². The van der Waals surface area contributed by atoms with Gasteiger partial charge in [0, 0.05) is 21.9 Å². The molecule has 0 unspecified atom stereocenters. The topological polar surface area (TPSA) is 90.1 Å². The number of esters is 1. The molecule has 0 atom stereocenters. The van der Waals surface area contributed by atoms with Gasteiger partial charge in [-0.05, 0) is 62.1 Å². The number of rotatable bonds is 6. The lowest BCUT2D eigenvalue weighted by molar-refractivity contribution is 0.0527. The van der Waals surface area contributed by atoms with Crippen LogP contribution in [-0.2, 0) is 17.6 Å². The molecule has 5 rings (SSSR count). The molecule has 1 aliphatic carbocycles. The average molecular weight is 489 g/mol. The summed E-state index contributed by atoms with van der Waals surface area (Å²) in [6, 6.07) is 13.9. The number of fused-ring (bicyclic) bond motifs is 2. The molecule has 0 saturated heterocycles. The number of carbonyl (C=O) groups is 1. The summed E-state index contributed by atoms with van der Waals surface area (Å²) in [6.07, 6.45) is 4.28. The van der Waals surface area contributed by atoms with E-state index in [0.29, 0.717) is 38.3 Å². The van der Waals surface area contributed by atoms with E-state index in [0.717, 1.165) is 29.7 Å². The van der Waals surface area contributed by atoms with E-state index in [4.69, 9.17) is 9.47 Å². The van der Waals surface area contributed by atoms with Gasteiger partial charge in [0.1, 0.15) is 10.8 Å². The van der Waals surface area contributed by atoms with Gasteiger partial charge in [0.2, 0.25) is 5.88 Å². The number of thiophene rings is 1. The third-order valence-corrected chi connectivity index (χ3v) is 7.33. The van der Waals surface area contributed by atoms with Crippen molar-refractivity contribution in [2.45, 2.75) is 26.2 Å². The highest BCUT2D eigenvalue weighted by Gasteiger charge is 2.27. The van der Waals surface area contributed by atoms with Gasteiger partial charge in [-0.1, -0.05) is 18.2 Å². The lowest BCUT2D eigenvalue weighted by Gasteiger charge is -2.14. The highest BCUT2D eigenvalue weighted by Crippen LogP contribution is 2.41. The van der Waals surface area contributed by atoms with Gasteiger partial charge in [0.05, 0.1) is 30.5 Å². The molecule has 35 heavy (non-hydrogen) atoms. The third kappa shape index (κ3) is 4.00. The summed E-state index contributed by atoms with van der Waals surface area (Å²) in [5.74, 6) is 0.0295. The highest BCUT2D eigenvalue weighted by atomic mass is 32.1. The predicted molar refractivity (Wildman–Crippen MR) is 137 cm³/mol. The first-order chi connectivity index (χ1) is 17.0. The Labute approximate surface area is 205 Å². The molecule has 2 aromatic heterocycles. The number of aliphatic imine (C=N–C) groups is 1. The fourth-order valence-electron chi connectivity index (χ4n) is 4.48. The van der Waals surface area contributed by atoms with Gasteiger partial charge in [-0.2, -0.15) is 0 Å². The zero-order chi connectivity index (χ0) is 24.5. The minimum absolute atomic E-state index is 0.232. The van der Waals surface area contributed by atoms with Gasteiger partial charge in [0.15, 0.2) is 0 Å². The van der Waals surface area contributed by atoms with Crippen LogP contribution in [-0.4, -0.2) is 35.6 Å². The van der Waals surface area contributed by atoms with Crippen LogP contribution in [0.5, 0.6) is 11.6 Å². The summed E-state index contributed by atoms with van der Waals surface area (Å²) in [4.78, 5) is 31.8. The number of methoxy groups -OCH3 is 1. The molecule has 0 fully saturated rings. The molecule has 0 aliphatic heterocycles. The van der Waals surface area contributed by atoms with E-state index in [9.17, 15) is 14.7 Å². The number of ether oxygens (including phenoxy) is 2. The van der Waals surface area contributed by atoms with E-state index >= 15 is 0 Å². The first-order valence-electron chi connectivity index (χ1n) is 11.4. The molecular formula is C27H24N2O5S. The number of aryl methyl sites for hydroxylation is 1. The standard InChI is InChI=1S/C27H24N2O5S/c1-3-34-27(32)23-20-9-6-10-22(20)35-24(23)28-15-21-18-7-4-5-8-19(18)25(30)29(26(21)31)16-11-13-17(33-2)14-12-16/h4-5,7-8,11-15,31H,3,6,9-10H2,1-2H3/b28-15+. The molecule has 8 heteroatoms. The summed E-state index contributed by atoms with van der Waals surface area (Å²) < 4.78 is 11.8. The minimum Gasteiger partial charge on any atom is -0.497 e. The summed E-state index contributed by atoms with van der Waals surface area (Å²) >= 11 is 1.48. The number of hydrogen-bond donors (Lipinski definition) is 1. The first-order valence-corrected chi connectivity index (χ1v) is 12.2. The fourth-order valence-corrected chi connectivity index (χ4v) is 5.70. The lowest BCUT2D eigenvalue weighted by Crippen LogP contribution is -2.20. The second-order valence-electron chi connectivity index (χ2n) is 8.14. The first kappa shape index (κ1) is 22.9. The Morgan fingerprint density at radius 2 is 1.89 bits per heavy atom. The molecule has 0 radical (unpaired) electrons. The molecular weight excluding hydrogens is 464 g/mol. The molecule has 0 spiro atoms. The van der Waals surface area contributed by atoms with E-state index in [1.54, 1.807) is 62.6 Å². The smallest absolute Gasteiger partial charge is 0.341 e. The molecule has 0 amide bonds. The number of aromatic hydroxyl groups is 1. The number of aromatic nitrogens is 1. The van der Waals surface area contributed by atoms with Crippen molar-refractivity contribution in [1.29, 1.82) is 0 Å². The summed E-state index contributed by atoms with van der Waals surface area (Å²) in [7, 11) is 1.56. The van der Waals surface area contributed by atoms with Crippen LogP contribution in [0.1, 0.15) is 39.7 Å². The van der Waals surface area contributed by atoms with Crippen molar-refractivity contribution < 1.29 is 19.4 Å². The van der Waals surface area contributed by atoms with E-state index in [1.807, 2.05) is 0 Å². The van der Waals surface area contributed by atoms with Gasteiger partial charge in [-0.25, -0.2) is 14.4 Å². The molecule has 2 heterocycles. The summed E-state index contributed by atoms with van der Waals surface area (Å²) in [5, 5.41) is 12.8. The van der Waals surface area contributed by atoms with Crippen LogP contribution in [0.4, 0.5) is 5.00 Å². The Morgan fingerprint density at radius 3 is 2.60 bits per heavy atom. The van der Waals surface area contributed by atoms with E-state index in [1.165, 1.54) is 22.1 Å². The van der Waals surface area contributed by atoms with Crippen LogP contribution < -0.4 is 10.3 Å². The molecule has 4 aromatic rings. The number of hydrogen-bond acceptors (Lipinski definition) is 7. The summed E-state index contributed by atoms with van der Waals surface area (Å²) in [5.41, 5.74) is 2.06. The van der Waals surface area contributed by atoms with Crippen LogP contribution in [0.15, 0.2) is 58.3 Å². The maximum Gasteiger partial charge on any atom is 0.341 e. The van der Waals surface area contributed by atoms with Crippen molar-refractivity contribution in [1.82, 2.24) is 4.57 Å². The zero-order valence-electron chi connectivity index (χ0n) is 19.4. The largest absolute Gasteiger partial charge is 0.497 e. The SMILES string of the molecule is CCOC(=O)c1c(/N=C/c2c(O)n(-c3ccc(OC)cc3)c(=O)c3ccccc23)sc2c1CCC2. The molecule has 1 N–H and O–H groups in total. The van der Waals surface area contributed by atoms with Crippen LogP contribution in [0.3, 0.4) is 0 Å². The van der Waals surface area contributed by atoms with Crippen molar-refractivity contribution in [2.24, 2.45) is 4.99 Å². The van der Waals surface area contributed by atoms with E-state index in [2.05, 4.69) is 4.99 Å². The van der Waals surface area contributed by atoms with E-state index in [-0.39, 0.29) is 24.0 Å². The number of nitrogens with zero attached hydrogens (tertiary/aromatic N) is 2. The number of pyridine rings is 1. The Hall–Kier alpha value is -3.91. The quantitative estimate of drug-likeness (QED) is 0.298. The monoisotopic (exact) mass is 488 g/mol. The van der Waals surface area contributed by atoms with Gasteiger partial charge in [-0.15, -0.1) is 11.3 Å². The van der Waals surface area contributed by atoms with Crippen LogP contribution >= 0.6 is 11.3 Å². The van der Waals surface area contributed by atoms with Crippen LogP contribution in [0.25, 0.3) is 16.5 Å². The normalized spacial score (nSPS) is 12.9. The maximum atomic E-state index is 13.3. The zero-order valence-corrected chi connectivity index (χ0v) is 20.2. The van der Waals surface area contributed by atoms with E-state index < -0.39 is 0 Å². The molecule has 2 aromatic carbocycles. The second kappa shape index (κ2) is 9.38. The number of benzene rings is 2. The Morgan fingerprint density at radius 1 is 1.14 bits per heavy atom. The predicted octanol–water partition coefficient (Wildman–Crippen LogP) is 5.18. The number of carbonyl (C=O) groups excluding carboxylic acids is 1. The van der Waals surface area contributed by atoms with Crippen molar-refractivity contribution in [3.63, 3.8) is 0 Å². The van der Waals surface area contributed by atoms with Crippen molar-refractivity contribution in [3.05, 3.63) is 80.5 Å². The molecule has 1 aliphatic rings. The van der Waals surface area contributed by atoms with Gasteiger partial charge >= 0.3 is 5.97 Å². The third-order valence-electron chi connectivity index (χ3n) is 6.13. The van der Waals surface area contributed by atoms with Crippen molar-refractivity contribution in [2.75, 3.05) is 13.7 Å². The van der Waals surface area contributed by atoms with Gasteiger partial charge in [0.25, 0.3) is 5.56 Å². The van der Waals surface area contributed by atoms with Crippen molar-refractivity contribution in [3.8, 4) is 17.3 Å². The van der Waals surface area contributed by atoms with Crippen LogP contribution in [0, 0.1) is 0 Å². The van der Waals surface area contributed by atoms with Gasteiger partial charge < -0.3 is 14.6 Å².